The van der Waals surface area contributed by atoms with Crippen LogP contribution in [0, 0.1) is 13.8 Å². The van der Waals surface area contributed by atoms with Crippen LogP contribution >= 0.6 is 0 Å². The summed E-state index contributed by atoms with van der Waals surface area (Å²) in [5.41, 5.74) is 7.45. The van der Waals surface area contributed by atoms with Crippen molar-refractivity contribution in [3.8, 4) is 16.9 Å². The molecule has 1 saturated heterocycles. The number of hydrogen-bond donors (Lipinski definition) is 2. The van der Waals surface area contributed by atoms with Crippen molar-refractivity contribution in [3.63, 3.8) is 0 Å². The maximum absolute atomic E-state index is 12.0. The zero-order valence-corrected chi connectivity index (χ0v) is 19.5. The van der Waals surface area contributed by atoms with Gasteiger partial charge in [-0.2, -0.15) is 0 Å². The van der Waals surface area contributed by atoms with Crippen molar-refractivity contribution < 1.29 is 19.4 Å². The highest BCUT2D eigenvalue weighted by Crippen LogP contribution is 2.37. The minimum atomic E-state index is -0.279. The van der Waals surface area contributed by atoms with Gasteiger partial charge in [0.1, 0.15) is 5.75 Å². The van der Waals surface area contributed by atoms with E-state index >= 15 is 0 Å². The molecule has 3 aromatic carbocycles. The molecule has 172 valence electrons. The van der Waals surface area contributed by atoms with E-state index in [1.54, 1.807) is 12.1 Å². The Hall–Kier alpha value is -3.31. The Balaban J connectivity index is 1.44. The average Bonchev–Trinajstić information content (AvgIpc) is 2.75. The predicted octanol–water partition coefficient (Wildman–Crippen LogP) is 5.51. The van der Waals surface area contributed by atoms with Gasteiger partial charge in [0.15, 0.2) is 0 Å². The van der Waals surface area contributed by atoms with Gasteiger partial charge in [0.2, 0.25) is 0 Å². The van der Waals surface area contributed by atoms with E-state index in [0.717, 1.165) is 33.5 Å². The maximum Gasteiger partial charge on any atom is 0.306 e. The zero-order valence-electron chi connectivity index (χ0n) is 19.5. The summed E-state index contributed by atoms with van der Waals surface area (Å²) < 4.78 is 10.6. The third-order valence-corrected chi connectivity index (χ3v) is 6.27. The van der Waals surface area contributed by atoms with Gasteiger partial charge < -0.3 is 19.9 Å². The number of rotatable bonds is 8. The predicted molar refractivity (Wildman–Crippen MR) is 131 cm³/mol. The van der Waals surface area contributed by atoms with Crippen LogP contribution in [0.5, 0.6) is 5.75 Å². The summed E-state index contributed by atoms with van der Waals surface area (Å²) >= 11 is 0. The summed E-state index contributed by atoms with van der Waals surface area (Å²) in [5, 5.41) is 13.3. The van der Waals surface area contributed by atoms with Gasteiger partial charge in [0.05, 0.1) is 31.7 Å². The molecule has 0 aliphatic carbocycles. The van der Waals surface area contributed by atoms with E-state index in [9.17, 15) is 9.90 Å². The first-order chi connectivity index (χ1) is 15.9. The molecule has 0 spiro atoms. The number of nitrogens with one attached hydrogen (secondary N) is 1. The summed E-state index contributed by atoms with van der Waals surface area (Å²) in [6.45, 7) is 8.05. The van der Waals surface area contributed by atoms with Crippen LogP contribution in [0.15, 0.2) is 60.7 Å². The number of esters is 1. The van der Waals surface area contributed by atoms with Gasteiger partial charge in [-0.25, -0.2) is 0 Å². The van der Waals surface area contributed by atoms with Crippen LogP contribution in [0.3, 0.4) is 0 Å². The number of carbonyl (C=O) groups is 1. The molecular weight excluding hydrogens is 414 g/mol. The van der Waals surface area contributed by atoms with Crippen molar-refractivity contribution in [2.24, 2.45) is 0 Å². The minimum Gasteiger partial charge on any atom is -0.508 e. The van der Waals surface area contributed by atoms with Crippen molar-refractivity contribution in [1.82, 2.24) is 0 Å². The van der Waals surface area contributed by atoms with E-state index < -0.39 is 0 Å². The van der Waals surface area contributed by atoms with E-state index in [2.05, 4.69) is 53.8 Å². The Morgan fingerprint density at radius 3 is 2.36 bits per heavy atom. The first-order valence-electron chi connectivity index (χ1n) is 11.4. The highest BCUT2D eigenvalue weighted by Gasteiger charge is 2.42. The molecule has 5 heteroatoms. The summed E-state index contributed by atoms with van der Waals surface area (Å²) in [5.74, 6) is 0.120. The molecule has 0 unspecified atom stereocenters. The Kier molecular flexibility index (Phi) is 6.70. The molecule has 0 amide bonds. The Labute approximate surface area is 195 Å². The number of aryl methyl sites for hydroxylation is 2. The van der Waals surface area contributed by atoms with Crippen LogP contribution in [0.4, 0.5) is 5.69 Å². The molecule has 33 heavy (non-hydrogen) atoms. The second-order valence-corrected chi connectivity index (χ2v) is 8.84. The van der Waals surface area contributed by atoms with E-state index in [-0.39, 0.29) is 11.4 Å². The highest BCUT2D eigenvalue weighted by molar-refractivity contribution is 5.73. The van der Waals surface area contributed by atoms with Gasteiger partial charge in [-0.15, -0.1) is 0 Å². The quantitative estimate of drug-likeness (QED) is 0.448. The fourth-order valence-corrected chi connectivity index (χ4v) is 4.59. The van der Waals surface area contributed by atoms with Crippen molar-refractivity contribution in [2.45, 2.75) is 39.2 Å². The van der Waals surface area contributed by atoms with Gasteiger partial charge in [0.25, 0.3) is 0 Å². The van der Waals surface area contributed by atoms with Gasteiger partial charge in [-0.1, -0.05) is 30.3 Å². The molecule has 4 rings (SSSR count). The lowest BCUT2D eigenvalue weighted by atomic mass is 9.76. The lowest BCUT2D eigenvalue weighted by Gasteiger charge is -2.41. The average molecular weight is 446 g/mol. The SMILES string of the molecule is CCOC(=O)CC1(c2ccc(NCc3cccc(-c4c(C)cc(O)cc4C)c3)cc2)COC1. The van der Waals surface area contributed by atoms with Crippen LogP contribution in [0.25, 0.3) is 11.1 Å². The number of carbonyl (C=O) groups excluding carboxylic acids is 1. The smallest absolute Gasteiger partial charge is 0.306 e. The summed E-state index contributed by atoms with van der Waals surface area (Å²) in [4.78, 5) is 12.0. The molecule has 1 fully saturated rings. The van der Waals surface area contributed by atoms with Crippen LogP contribution in [-0.4, -0.2) is 30.9 Å². The molecule has 1 aliphatic heterocycles. The lowest BCUT2D eigenvalue weighted by Crippen LogP contribution is -2.48. The summed E-state index contributed by atoms with van der Waals surface area (Å²) in [7, 11) is 0. The number of anilines is 1. The third kappa shape index (κ3) is 5.04. The monoisotopic (exact) mass is 445 g/mol. The summed E-state index contributed by atoms with van der Waals surface area (Å²) in [6.07, 6.45) is 0.344. The number of phenolic OH excluding ortho intramolecular Hbond substituents is 1. The first-order valence-corrected chi connectivity index (χ1v) is 11.4. The van der Waals surface area contributed by atoms with Gasteiger partial charge in [0, 0.05) is 12.2 Å². The molecule has 2 N–H and O–H groups in total. The van der Waals surface area contributed by atoms with Gasteiger partial charge >= 0.3 is 5.97 Å². The topological polar surface area (TPSA) is 67.8 Å². The zero-order chi connectivity index (χ0) is 23.4. The number of aromatic hydroxyl groups is 1. The molecule has 0 aromatic heterocycles. The van der Waals surface area contributed by atoms with Crippen molar-refractivity contribution >= 4 is 11.7 Å². The van der Waals surface area contributed by atoms with Crippen LogP contribution in [0.1, 0.15) is 35.6 Å². The molecule has 0 atom stereocenters. The van der Waals surface area contributed by atoms with Crippen molar-refractivity contribution in [1.29, 1.82) is 0 Å². The van der Waals surface area contributed by atoms with Gasteiger partial charge in [-0.05, 0) is 84.5 Å². The van der Waals surface area contributed by atoms with E-state index in [0.29, 0.717) is 38.5 Å². The van der Waals surface area contributed by atoms with Crippen molar-refractivity contribution in [3.05, 3.63) is 82.9 Å². The maximum atomic E-state index is 12.0. The minimum absolute atomic E-state index is 0.179. The molecule has 0 saturated carbocycles. The lowest BCUT2D eigenvalue weighted by molar-refractivity contribution is -0.151. The van der Waals surface area contributed by atoms with Crippen LogP contribution < -0.4 is 5.32 Å². The first kappa shape index (κ1) is 22.9. The van der Waals surface area contributed by atoms with Gasteiger partial charge in [-0.3, -0.25) is 4.79 Å². The Bertz CT molecular complexity index is 1110. The number of phenols is 1. The molecule has 1 heterocycles. The molecule has 5 nitrogen and oxygen atoms in total. The number of ether oxygens (including phenoxy) is 2. The van der Waals surface area contributed by atoms with Crippen LogP contribution in [0.2, 0.25) is 0 Å². The van der Waals surface area contributed by atoms with Crippen LogP contribution in [-0.2, 0) is 26.2 Å². The highest BCUT2D eigenvalue weighted by atomic mass is 16.5. The second-order valence-electron chi connectivity index (χ2n) is 8.84. The largest absolute Gasteiger partial charge is 0.508 e. The molecular formula is C28H31NO4. The third-order valence-electron chi connectivity index (χ3n) is 6.27. The molecule has 0 radical (unpaired) electrons. The fraction of sp³-hybridized carbons (Fsp3) is 0.321. The molecule has 0 bridgehead atoms. The summed E-state index contributed by atoms with van der Waals surface area (Å²) in [6, 6.07) is 20.3. The molecule has 1 aliphatic rings. The van der Waals surface area contributed by atoms with E-state index in [1.807, 2.05) is 20.8 Å². The van der Waals surface area contributed by atoms with Crippen molar-refractivity contribution in [2.75, 3.05) is 25.1 Å². The molecule has 3 aromatic rings. The standard InChI is InChI=1S/C28H31NO4/c1-4-33-26(31)15-28(17-32-18-28)23-8-10-24(11-9-23)29-16-21-6-5-7-22(14-21)27-19(2)12-25(30)13-20(27)3/h5-14,29-30H,4,15-18H2,1-3H3. The normalized spacial score (nSPS) is 14.4. The fourth-order valence-electron chi connectivity index (χ4n) is 4.59. The number of hydrogen-bond acceptors (Lipinski definition) is 5. The Morgan fingerprint density at radius 2 is 1.76 bits per heavy atom. The van der Waals surface area contributed by atoms with E-state index in [4.69, 9.17) is 9.47 Å². The van der Waals surface area contributed by atoms with E-state index in [1.165, 1.54) is 5.56 Å². The Morgan fingerprint density at radius 1 is 1.06 bits per heavy atom. The second kappa shape index (κ2) is 9.67. The number of benzene rings is 3.